The van der Waals surface area contributed by atoms with E-state index in [2.05, 4.69) is 10.3 Å². The van der Waals surface area contributed by atoms with Gasteiger partial charge < -0.3 is 4.74 Å². The Balaban J connectivity index is 2.51. The molecule has 3 heteroatoms. The summed E-state index contributed by atoms with van der Waals surface area (Å²) in [6.07, 6.45) is 3.41. The molecule has 3 nitrogen and oxygen atoms in total. The van der Waals surface area contributed by atoms with Gasteiger partial charge in [0.1, 0.15) is 6.67 Å². The molecule has 1 aliphatic heterocycles. The van der Waals surface area contributed by atoms with Gasteiger partial charge in [-0.25, -0.2) is 4.99 Å². The average molecular weight is 111 g/mol. The molecule has 0 saturated carbocycles. The molecular weight excluding hydrogens is 104 g/mol. The van der Waals surface area contributed by atoms with Crippen molar-refractivity contribution in [2.75, 3.05) is 13.8 Å². The van der Waals surface area contributed by atoms with Crippen molar-refractivity contribution in [3.63, 3.8) is 0 Å². The number of aliphatic imine (C=N–C) groups is 1. The molecule has 0 atom stereocenters. The molecule has 0 amide bonds. The Hall–Kier alpha value is -0.990. The van der Waals surface area contributed by atoms with Crippen molar-refractivity contribution in [3.8, 4) is 0 Å². The molecule has 1 radical (unpaired) electrons. The SMILES string of the molecule is COC1=NC[N]C=C1. The lowest BCUT2D eigenvalue weighted by molar-refractivity contribution is 0.402. The second-order valence-corrected chi connectivity index (χ2v) is 1.34. The average Bonchev–Trinajstić information content (AvgIpc) is 1.90. The van der Waals surface area contributed by atoms with Gasteiger partial charge in [0.25, 0.3) is 0 Å². The summed E-state index contributed by atoms with van der Waals surface area (Å²) in [6.45, 7) is 0.500. The topological polar surface area (TPSA) is 35.7 Å². The van der Waals surface area contributed by atoms with Gasteiger partial charge in [0, 0.05) is 12.3 Å². The maximum atomic E-state index is 4.79. The van der Waals surface area contributed by atoms with Gasteiger partial charge in [-0.15, -0.1) is 0 Å². The highest BCUT2D eigenvalue weighted by atomic mass is 16.5. The van der Waals surface area contributed by atoms with E-state index in [1.54, 1.807) is 19.4 Å². The third-order valence-electron chi connectivity index (χ3n) is 0.840. The maximum absolute atomic E-state index is 4.79. The first-order valence-corrected chi connectivity index (χ1v) is 2.35. The molecule has 1 heterocycles. The van der Waals surface area contributed by atoms with Gasteiger partial charge in [-0.1, -0.05) is 0 Å². The van der Waals surface area contributed by atoms with Crippen molar-refractivity contribution in [2.45, 2.75) is 0 Å². The summed E-state index contributed by atoms with van der Waals surface area (Å²) >= 11 is 0. The van der Waals surface area contributed by atoms with E-state index in [1.807, 2.05) is 0 Å². The summed E-state index contributed by atoms with van der Waals surface area (Å²) in [5.41, 5.74) is 0. The molecular formula is C5H7N2O. The lowest BCUT2D eigenvalue weighted by atomic mass is 10.5. The van der Waals surface area contributed by atoms with Crippen LogP contribution in [0.25, 0.3) is 0 Å². The number of hydrogen-bond donors (Lipinski definition) is 0. The molecule has 0 aliphatic carbocycles. The van der Waals surface area contributed by atoms with Gasteiger partial charge in [0.05, 0.1) is 7.11 Å². The molecule has 0 spiro atoms. The fourth-order valence-corrected chi connectivity index (χ4v) is 0.459. The van der Waals surface area contributed by atoms with Gasteiger partial charge >= 0.3 is 0 Å². The van der Waals surface area contributed by atoms with Crippen molar-refractivity contribution in [2.24, 2.45) is 4.99 Å². The van der Waals surface area contributed by atoms with E-state index >= 15 is 0 Å². The molecule has 1 aliphatic rings. The molecule has 8 heavy (non-hydrogen) atoms. The van der Waals surface area contributed by atoms with Crippen LogP contribution in [0.5, 0.6) is 0 Å². The Labute approximate surface area is 48.1 Å². The highest BCUT2D eigenvalue weighted by Gasteiger charge is 1.93. The van der Waals surface area contributed by atoms with E-state index in [9.17, 15) is 0 Å². The van der Waals surface area contributed by atoms with Crippen LogP contribution in [0, 0.1) is 0 Å². The van der Waals surface area contributed by atoms with E-state index in [1.165, 1.54) is 0 Å². The van der Waals surface area contributed by atoms with Crippen molar-refractivity contribution < 1.29 is 4.74 Å². The van der Waals surface area contributed by atoms with Crippen LogP contribution in [-0.4, -0.2) is 19.7 Å². The standard InChI is InChI=1S/C5H7N2O/c1-8-5-2-3-6-4-7-5/h2-3H,4H2,1H3. The highest BCUT2D eigenvalue weighted by molar-refractivity contribution is 5.87. The normalized spacial score (nSPS) is 16.9. The Kier molecular flexibility index (Phi) is 1.51. The summed E-state index contributed by atoms with van der Waals surface area (Å²) in [4.78, 5) is 3.89. The lowest BCUT2D eigenvalue weighted by Crippen LogP contribution is -2.08. The molecule has 0 saturated heterocycles. The molecule has 43 valence electrons. The van der Waals surface area contributed by atoms with Crippen molar-refractivity contribution in [1.82, 2.24) is 5.32 Å². The number of methoxy groups -OCH3 is 1. The number of hydrogen-bond acceptors (Lipinski definition) is 2. The first kappa shape index (κ1) is 5.15. The van der Waals surface area contributed by atoms with Crippen LogP contribution in [-0.2, 0) is 4.74 Å². The minimum absolute atomic E-state index is 0.500. The smallest absolute Gasteiger partial charge is 0.211 e. The van der Waals surface area contributed by atoms with Crippen LogP contribution in [0.1, 0.15) is 0 Å². The summed E-state index contributed by atoms with van der Waals surface area (Å²) in [6, 6.07) is 0. The monoisotopic (exact) mass is 111 g/mol. The maximum Gasteiger partial charge on any atom is 0.211 e. The number of ether oxygens (including phenoxy) is 1. The predicted octanol–water partition coefficient (Wildman–Crippen LogP) is 0.121. The quantitative estimate of drug-likeness (QED) is 0.437. The molecule has 0 fully saturated rings. The summed E-state index contributed by atoms with van der Waals surface area (Å²) in [7, 11) is 1.59. The molecule has 0 aromatic rings. The van der Waals surface area contributed by atoms with E-state index in [0.717, 1.165) is 0 Å². The molecule has 0 aromatic heterocycles. The largest absolute Gasteiger partial charge is 0.481 e. The summed E-state index contributed by atoms with van der Waals surface area (Å²) < 4.78 is 4.79. The third-order valence-corrected chi connectivity index (χ3v) is 0.840. The van der Waals surface area contributed by atoms with E-state index in [-0.39, 0.29) is 0 Å². The second kappa shape index (κ2) is 2.35. The molecule has 0 bridgehead atoms. The van der Waals surface area contributed by atoms with Gasteiger partial charge in [-0.3, -0.25) is 5.32 Å². The summed E-state index contributed by atoms with van der Waals surface area (Å²) in [5.74, 6) is 0.653. The van der Waals surface area contributed by atoms with Gasteiger partial charge in [-0.05, 0) is 0 Å². The Morgan fingerprint density at radius 3 is 3.00 bits per heavy atom. The van der Waals surface area contributed by atoms with Gasteiger partial charge in [-0.2, -0.15) is 0 Å². The Morgan fingerprint density at radius 1 is 1.75 bits per heavy atom. The zero-order valence-electron chi connectivity index (χ0n) is 4.66. The van der Waals surface area contributed by atoms with Crippen LogP contribution in [0.15, 0.2) is 17.3 Å². The van der Waals surface area contributed by atoms with Crippen LogP contribution in [0.2, 0.25) is 0 Å². The second-order valence-electron chi connectivity index (χ2n) is 1.34. The molecule has 0 aromatic carbocycles. The van der Waals surface area contributed by atoms with Crippen molar-refractivity contribution in [3.05, 3.63) is 12.3 Å². The highest BCUT2D eigenvalue weighted by Crippen LogP contribution is 1.87. The van der Waals surface area contributed by atoms with Gasteiger partial charge in [0.15, 0.2) is 0 Å². The summed E-state index contributed by atoms with van der Waals surface area (Å²) in [5, 5.41) is 3.83. The van der Waals surface area contributed by atoms with Crippen LogP contribution >= 0.6 is 0 Å². The van der Waals surface area contributed by atoms with Gasteiger partial charge in [0.2, 0.25) is 5.90 Å². The zero-order valence-corrected chi connectivity index (χ0v) is 4.66. The lowest BCUT2D eigenvalue weighted by Gasteiger charge is -2.02. The molecule has 0 N–H and O–H groups in total. The van der Waals surface area contributed by atoms with Crippen LogP contribution in [0.3, 0.4) is 0 Å². The number of nitrogens with zero attached hydrogens (tertiary/aromatic N) is 2. The Morgan fingerprint density at radius 2 is 2.62 bits per heavy atom. The fraction of sp³-hybridized carbons (Fsp3) is 0.400. The van der Waals surface area contributed by atoms with Crippen molar-refractivity contribution in [1.29, 1.82) is 0 Å². The van der Waals surface area contributed by atoms with E-state index in [4.69, 9.17) is 4.74 Å². The first-order valence-electron chi connectivity index (χ1n) is 2.35. The molecule has 1 rings (SSSR count). The van der Waals surface area contributed by atoms with Crippen LogP contribution in [0.4, 0.5) is 0 Å². The third kappa shape index (κ3) is 0.992. The van der Waals surface area contributed by atoms with Crippen LogP contribution < -0.4 is 5.32 Å². The predicted molar refractivity (Wildman–Crippen MR) is 30.6 cm³/mol. The Bertz CT molecular complexity index is 128. The first-order chi connectivity index (χ1) is 3.93. The van der Waals surface area contributed by atoms with Crippen molar-refractivity contribution >= 4 is 5.90 Å². The minimum Gasteiger partial charge on any atom is -0.481 e. The van der Waals surface area contributed by atoms with E-state index in [0.29, 0.717) is 12.6 Å². The zero-order chi connectivity index (χ0) is 5.82. The minimum atomic E-state index is 0.500. The molecule has 0 unspecified atom stereocenters. The number of rotatable bonds is 0. The van der Waals surface area contributed by atoms with E-state index < -0.39 is 0 Å². The fourth-order valence-electron chi connectivity index (χ4n) is 0.459.